The lowest BCUT2D eigenvalue weighted by molar-refractivity contribution is 0.294. The van der Waals surface area contributed by atoms with Crippen molar-refractivity contribution in [3.05, 3.63) is 5.82 Å². The molecule has 1 aromatic heterocycles. The van der Waals surface area contributed by atoms with Crippen molar-refractivity contribution >= 4 is 21.7 Å². The fourth-order valence-corrected chi connectivity index (χ4v) is 3.67. The Morgan fingerprint density at radius 2 is 1.83 bits per heavy atom. The lowest BCUT2D eigenvalue weighted by atomic mass is 10.2. The van der Waals surface area contributed by atoms with Gasteiger partial charge in [-0.2, -0.15) is 15.0 Å². The van der Waals surface area contributed by atoms with Gasteiger partial charge in [0.2, 0.25) is 11.9 Å². The first kappa shape index (κ1) is 18.9. The Morgan fingerprint density at radius 1 is 1.17 bits per heavy atom. The summed E-state index contributed by atoms with van der Waals surface area (Å²) in [6.45, 7) is 7.02. The first-order chi connectivity index (χ1) is 11.3. The van der Waals surface area contributed by atoms with Gasteiger partial charge in [0, 0.05) is 39.6 Å². The minimum Gasteiger partial charge on any atom is -0.354 e. The fourth-order valence-electron chi connectivity index (χ4n) is 2.39. The number of sulfone groups is 1. The minimum absolute atomic E-state index is 0.238. The molecule has 0 spiro atoms. The van der Waals surface area contributed by atoms with Crippen LogP contribution in [0.1, 0.15) is 32.0 Å². The van der Waals surface area contributed by atoms with E-state index in [4.69, 9.17) is 0 Å². The van der Waals surface area contributed by atoms with Gasteiger partial charge in [0.05, 0.1) is 11.5 Å². The summed E-state index contributed by atoms with van der Waals surface area (Å²) in [5, 5.41) is 3.26. The predicted octanol–water partition coefficient (Wildman–Crippen LogP) is 0.593. The van der Waals surface area contributed by atoms with E-state index in [9.17, 15) is 8.42 Å². The standard InChI is InChI=1S/C15H28N6O2S/c1-12(2)13-17-14(19-15(18-13)20(3)4)16-6-5-7-21-8-10-24(22,23)11-9-21/h12H,5-11H2,1-4H3,(H,16,17,18,19). The SMILES string of the molecule is CC(C)c1nc(NCCCN2CCS(=O)(=O)CC2)nc(N(C)C)n1. The van der Waals surface area contributed by atoms with E-state index in [0.29, 0.717) is 25.0 Å². The molecule has 1 aliphatic rings. The Balaban J connectivity index is 1.83. The van der Waals surface area contributed by atoms with Crippen LogP contribution in [0.2, 0.25) is 0 Å². The van der Waals surface area contributed by atoms with Gasteiger partial charge in [-0.3, -0.25) is 0 Å². The monoisotopic (exact) mass is 356 g/mol. The van der Waals surface area contributed by atoms with Crippen molar-refractivity contribution in [3.8, 4) is 0 Å². The number of aromatic nitrogens is 3. The van der Waals surface area contributed by atoms with E-state index in [0.717, 1.165) is 25.3 Å². The van der Waals surface area contributed by atoms with Gasteiger partial charge in [0.1, 0.15) is 5.82 Å². The quantitative estimate of drug-likeness (QED) is 0.710. The van der Waals surface area contributed by atoms with Crippen molar-refractivity contribution in [3.63, 3.8) is 0 Å². The number of hydrogen-bond donors (Lipinski definition) is 1. The first-order valence-electron chi connectivity index (χ1n) is 8.37. The molecule has 0 aromatic carbocycles. The lowest BCUT2D eigenvalue weighted by Gasteiger charge is -2.26. The van der Waals surface area contributed by atoms with Crippen LogP contribution in [-0.4, -0.2) is 80.0 Å². The summed E-state index contributed by atoms with van der Waals surface area (Å²) < 4.78 is 22.8. The molecule has 0 amide bonds. The molecule has 1 N–H and O–H groups in total. The third kappa shape index (κ3) is 5.55. The molecular weight excluding hydrogens is 328 g/mol. The predicted molar refractivity (Wildman–Crippen MR) is 96.4 cm³/mol. The fraction of sp³-hybridized carbons (Fsp3) is 0.800. The van der Waals surface area contributed by atoms with Crippen LogP contribution in [0.4, 0.5) is 11.9 Å². The van der Waals surface area contributed by atoms with Crippen molar-refractivity contribution in [2.24, 2.45) is 0 Å². The molecule has 2 rings (SSSR count). The molecule has 136 valence electrons. The molecule has 2 heterocycles. The van der Waals surface area contributed by atoms with Gasteiger partial charge in [0.15, 0.2) is 9.84 Å². The molecule has 0 aliphatic carbocycles. The number of hydrogen-bond acceptors (Lipinski definition) is 8. The highest BCUT2D eigenvalue weighted by atomic mass is 32.2. The van der Waals surface area contributed by atoms with Gasteiger partial charge in [-0.1, -0.05) is 13.8 Å². The lowest BCUT2D eigenvalue weighted by Crippen LogP contribution is -2.41. The molecule has 9 heteroatoms. The summed E-state index contributed by atoms with van der Waals surface area (Å²) in [6, 6.07) is 0. The molecule has 8 nitrogen and oxygen atoms in total. The average molecular weight is 356 g/mol. The number of nitrogens with one attached hydrogen (secondary N) is 1. The Hall–Kier alpha value is -1.48. The van der Waals surface area contributed by atoms with Crippen molar-refractivity contribution in [1.82, 2.24) is 19.9 Å². The topological polar surface area (TPSA) is 91.3 Å². The van der Waals surface area contributed by atoms with E-state index in [2.05, 4.69) is 39.0 Å². The molecule has 0 saturated carbocycles. The second kappa shape index (κ2) is 8.06. The van der Waals surface area contributed by atoms with Crippen LogP contribution in [-0.2, 0) is 9.84 Å². The van der Waals surface area contributed by atoms with Crippen LogP contribution in [0, 0.1) is 0 Å². The normalized spacial score (nSPS) is 17.9. The van der Waals surface area contributed by atoms with Gasteiger partial charge in [-0.25, -0.2) is 8.42 Å². The number of nitrogens with zero attached hydrogens (tertiary/aromatic N) is 5. The highest BCUT2D eigenvalue weighted by molar-refractivity contribution is 7.91. The maximum Gasteiger partial charge on any atom is 0.229 e. The van der Waals surface area contributed by atoms with E-state index >= 15 is 0 Å². The Bertz CT molecular complexity index is 607. The molecule has 1 aromatic rings. The van der Waals surface area contributed by atoms with Crippen molar-refractivity contribution in [2.45, 2.75) is 26.2 Å². The summed E-state index contributed by atoms with van der Waals surface area (Å²) in [4.78, 5) is 17.4. The van der Waals surface area contributed by atoms with E-state index in [1.54, 1.807) is 0 Å². The maximum absolute atomic E-state index is 11.4. The maximum atomic E-state index is 11.4. The summed E-state index contributed by atoms with van der Waals surface area (Å²) >= 11 is 0. The molecule has 1 aliphatic heterocycles. The van der Waals surface area contributed by atoms with Crippen molar-refractivity contribution in [2.75, 3.05) is 62.0 Å². The van der Waals surface area contributed by atoms with Gasteiger partial charge >= 0.3 is 0 Å². The van der Waals surface area contributed by atoms with Crippen LogP contribution < -0.4 is 10.2 Å². The zero-order valence-electron chi connectivity index (χ0n) is 15.0. The molecule has 0 atom stereocenters. The van der Waals surface area contributed by atoms with E-state index in [-0.39, 0.29) is 17.4 Å². The molecule has 0 bridgehead atoms. The summed E-state index contributed by atoms with van der Waals surface area (Å²) in [5.74, 6) is 2.81. The molecule has 24 heavy (non-hydrogen) atoms. The van der Waals surface area contributed by atoms with Gasteiger partial charge < -0.3 is 15.1 Å². The number of anilines is 2. The average Bonchev–Trinajstić information content (AvgIpc) is 2.52. The van der Waals surface area contributed by atoms with Crippen molar-refractivity contribution < 1.29 is 8.42 Å². The van der Waals surface area contributed by atoms with Crippen molar-refractivity contribution in [1.29, 1.82) is 0 Å². The third-order valence-corrected chi connectivity index (χ3v) is 5.54. The summed E-state index contributed by atoms with van der Waals surface area (Å²) in [7, 11) is 1.02. The second-order valence-electron chi connectivity index (χ2n) is 6.64. The molecule has 0 unspecified atom stereocenters. The largest absolute Gasteiger partial charge is 0.354 e. The zero-order valence-corrected chi connectivity index (χ0v) is 15.8. The highest BCUT2D eigenvalue weighted by Gasteiger charge is 2.20. The van der Waals surface area contributed by atoms with Crippen LogP contribution >= 0.6 is 0 Å². The minimum atomic E-state index is -2.80. The van der Waals surface area contributed by atoms with Gasteiger partial charge in [-0.15, -0.1) is 0 Å². The molecule has 0 radical (unpaired) electrons. The Kier molecular flexibility index (Phi) is 6.34. The Labute approximate surface area is 144 Å². The smallest absolute Gasteiger partial charge is 0.229 e. The first-order valence-corrected chi connectivity index (χ1v) is 10.2. The van der Waals surface area contributed by atoms with E-state index in [1.807, 2.05) is 19.0 Å². The molecule has 1 fully saturated rings. The van der Waals surface area contributed by atoms with Crippen LogP contribution in [0.5, 0.6) is 0 Å². The van der Waals surface area contributed by atoms with E-state index < -0.39 is 9.84 Å². The van der Waals surface area contributed by atoms with E-state index in [1.165, 1.54) is 0 Å². The third-order valence-electron chi connectivity index (χ3n) is 3.93. The zero-order chi connectivity index (χ0) is 17.7. The van der Waals surface area contributed by atoms with Crippen LogP contribution in [0.15, 0.2) is 0 Å². The molecule has 1 saturated heterocycles. The summed E-state index contributed by atoms with van der Waals surface area (Å²) in [5.41, 5.74) is 0. The second-order valence-corrected chi connectivity index (χ2v) is 8.94. The number of rotatable bonds is 7. The van der Waals surface area contributed by atoms with Gasteiger partial charge in [0.25, 0.3) is 0 Å². The Morgan fingerprint density at radius 3 is 2.42 bits per heavy atom. The molecular formula is C15H28N6O2S. The van der Waals surface area contributed by atoms with Crippen LogP contribution in [0.3, 0.4) is 0 Å². The summed E-state index contributed by atoms with van der Waals surface area (Å²) in [6.07, 6.45) is 0.917. The van der Waals surface area contributed by atoms with Gasteiger partial charge in [-0.05, 0) is 13.0 Å². The van der Waals surface area contributed by atoms with Crippen LogP contribution in [0.25, 0.3) is 0 Å². The highest BCUT2D eigenvalue weighted by Crippen LogP contribution is 2.15.